The molecule has 0 saturated carbocycles. The first kappa shape index (κ1) is 14.5. The quantitative estimate of drug-likeness (QED) is 0.667. The lowest BCUT2D eigenvalue weighted by Gasteiger charge is -2.08. The summed E-state index contributed by atoms with van der Waals surface area (Å²) in [5.41, 5.74) is 1.96. The maximum Gasteiger partial charge on any atom is 0.337 e. The molecular formula is C17H13FO3S. The minimum atomic E-state index is -0.398. The molecule has 22 heavy (non-hydrogen) atoms. The molecule has 0 unspecified atom stereocenters. The molecule has 0 saturated heterocycles. The third-order valence-corrected chi connectivity index (χ3v) is 4.41. The van der Waals surface area contributed by atoms with Gasteiger partial charge in [0.1, 0.15) is 11.6 Å². The third kappa shape index (κ3) is 2.44. The van der Waals surface area contributed by atoms with E-state index < -0.39 is 5.97 Å². The molecule has 0 spiro atoms. The van der Waals surface area contributed by atoms with Crippen LogP contribution in [-0.2, 0) is 4.74 Å². The maximum atomic E-state index is 13.6. The van der Waals surface area contributed by atoms with Gasteiger partial charge in [0.05, 0.1) is 19.8 Å². The van der Waals surface area contributed by atoms with Crippen molar-refractivity contribution in [1.82, 2.24) is 0 Å². The molecule has 0 bridgehead atoms. The van der Waals surface area contributed by atoms with Gasteiger partial charge in [0.15, 0.2) is 0 Å². The van der Waals surface area contributed by atoms with Crippen LogP contribution in [0.25, 0.3) is 21.2 Å². The first-order valence-corrected chi connectivity index (χ1v) is 7.45. The minimum absolute atomic E-state index is 0.334. The number of hydrogen-bond acceptors (Lipinski definition) is 4. The molecule has 0 aliphatic carbocycles. The number of esters is 1. The zero-order chi connectivity index (χ0) is 15.7. The number of ether oxygens (including phenoxy) is 2. The number of fused-ring (bicyclic) bond motifs is 1. The Morgan fingerprint density at radius 1 is 1.09 bits per heavy atom. The van der Waals surface area contributed by atoms with Crippen molar-refractivity contribution in [3.05, 3.63) is 53.2 Å². The summed E-state index contributed by atoms with van der Waals surface area (Å²) in [5, 5.41) is 2.81. The van der Waals surface area contributed by atoms with E-state index >= 15 is 0 Å². The normalized spacial score (nSPS) is 10.7. The van der Waals surface area contributed by atoms with E-state index in [0.29, 0.717) is 16.9 Å². The number of carbonyl (C=O) groups is 1. The second-order valence-electron chi connectivity index (χ2n) is 4.70. The number of methoxy groups -OCH3 is 2. The van der Waals surface area contributed by atoms with E-state index in [1.807, 2.05) is 11.4 Å². The highest BCUT2D eigenvalue weighted by molar-refractivity contribution is 7.17. The monoisotopic (exact) mass is 316 g/mol. The van der Waals surface area contributed by atoms with Crippen LogP contribution in [0, 0.1) is 5.82 Å². The highest BCUT2D eigenvalue weighted by atomic mass is 32.1. The van der Waals surface area contributed by atoms with Gasteiger partial charge in [-0.15, -0.1) is 11.3 Å². The molecular weight excluding hydrogens is 303 g/mol. The Hall–Kier alpha value is -2.40. The van der Waals surface area contributed by atoms with Crippen LogP contribution in [0.5, 0.6) is 5.75 Å². The Kier molecular flexibility index (Phi) is 3.81. The van der Waals surface area contributed by atoms with Crippen molar-refractivity contribution in [3.63, 3.8) is 0 Å². The second-order valence-corrected chi connectivity index (χ2v) is 5.61. The number of halogens is 1. The minimum Gasteiger partial charge on any atom is -0.496 e. The standard InChI is InChI=1S/C17H13FO3S/c1-20-15-5-4-11(18)8-12(15)14-9-22-16-6-3-10(7-13(14)16)17(19)21-2/h3-9H,1-2H3. The van der Waals surface area contributed by atoms with Crippen molar-refractivity contribution in [3.8, 4) is 16.9 Å². The molecule has 0 atom stereocenters. The molecule has 0 N–H and O–H groups in total. The third-order valence-electron chi connectivity index (χ3n) is 3.45. The Morgan fingerprint density at radius 3 is 2.64 bits per heavy atom. The molecule has 3 rings (SSSR count). The molecule has 3 nitrogen and oxygen atoms in total. The average molecular weight is 316 g/mol. The number of thiophene rings is 1. The van der Waals surface area contributed by atoms with Gasteiger partial charge in [0.25, 0.3) is 0 Å². The van der Waals surface area contributed by atoms with E-state index in [4.69, 9.17) is 9.47 Å². The van der Waals surface area contributed by atoms with Gasteiger partial charge in [0.2, 0.25) is 0 Å². The van der Waals surface area contributed by atoms with Gasteiger partial charge in [-0.25, -0.2) is 9.18 Å². The molecule has 0 radical (unpaired) electrons. The average Bonchev–Trinajstić information content (AvgIpc) is 2.96. The number of benzene rings is 2. The van der Waals surface area contributed by atoms with Crippen LogP contribution < -0.4 is 4.74 Å². The Bertz CT molecular complexity index is 854. The van der Waals surface area contributed by atoms with Gasteiger partial charge in [-0.05, 0) is 41.8 Å². The summed E-state index contributed by atoms with van der Waals surface area (Å²) in [5.74, 6) is -0.144. The van der Waals surface area contributed by atoms with Crippen LogP contribution in [0.3, 0.4) is 0 Å². The fraction of sp³-hybridized carbons (Fsp3) is 0.118. The summed E-state index contributed by atoms with van der Waals surface area (Å²) >= 11 is 1.53. The summed E-state index contributed by atoms with van der Waals surface area (Å²) in [6.07, 6.45) is 0. The predicted octanol–water partition coefficient (Wildman–Crippen LogP) is 4.50. The van der Waals surface area contributed by atoms with Gasteiger partial charge in [-0.1, -0.05) is 0 Å². The van der Waals surface area contributed by atoms with Crippen molar-refractivity contribution in [1.29, 1.82) is 0 Å². The predicted molar refractivity (Wildman–Crippen MR) is 85.1 cm³/mol. The lowest BCUT2D eigenvalue weighted by atomic mass is 10.0. The molecule has 3 aromatic rings. The summed E-state index contributed by atoms with van der Waals surface area (Å²) in [4.78, 5) is 11.7. The lowest BCUT2D eigenvalue weighted by Crippen LogP contribution is -2.00. The van der Waals surface area contributed by atoms with Crippen molar-refractivity contribution < 1.29 is 18.7 Å². The lowest BCUT2D eigenvalue weighted by molar-refractivity contribution is 0.0601. The molecule has 0 aliphatic rings. The SMILES string of the molecule is COC(=O)c1ccc2scc(-c3cc(F)ccc3OC)c2c1. The van der Waals surface area contributed by atoms with E-state index in [1.54, 1.807) is 25.3 Å². The zero-order valence-electron chi connectivity index (χ0n) is 12.1. The summed E-state index contributed by atoms with van der Waals surface area (Å²) in [6, 6.07) is 9.73. The van der Waals surface area contributed by atoms with Crippen molar-refractivity contribution >= 4 is 27.4 Å². The van der Waals surface area contributed by atoms with Gasteiger partial charge >= 0.3 is 5.97 Å². The molecule has 0 aliphatic heterocycles. The first-order chi connectivity index (χ1) is 10.6. The van der Waals surface area contributed by atoms with E-state index in [9.17, 15) is 9.18 Å². The smallest absolute Gasteiger partial charge is 0.337 e. The molecule has 1 aromatic heterocycles. The summed E-state index contributed by atoms with van der Waals surface area (Å²) < 4.78 is 24.7. The zero-order valence-corrected chi connectivity index (χ0v) is 12.9. The van der Waals surface area contributed by atoms with E-state index in [0.717, 1.165) is 15.6 Å². The Labute approximate surface area is 130 Å². The van der Waals surface area contributed by atoms with Gasteiger partial charge < -0.3 is 9.47 Å². The van der Waals surface area contributed by atoms with E-state index in [1.165, 1.54) is 30.6 Å². The highest BCUT2D eigenvalue weighted by Crippen LogP contribution is 2.39. The molecule has 0 fully saturated rings. The molecule has 112 valence electrons. The van der Waals surface area contributed by atoms with Crippen LogP contribution in [0.4, 0.5) is 4.39 Å². The van der Waals surface area contributed by atoms with Gasteiger partial charge in [0, 0.05) is 21.2 Å². The van der Waals surface area contributed by atoms with E-state index in [2.05, 4.69) is 0 Å². The molecule has 5 heteroatoms. The maximum absolute atomic E-state index is 13.6. The summed E-state index contributed by atoms with van der Waals surface area (Å²) in [7, 11) is 2.89. The summed E-state index contributed by atoms with van der Waals surface area (Å²) in [6.45, 7) is 0. The van der Waals surface area contributed by atoms with Gasteiger partial charge in [-0.3, -0.25) is 0 Å². The molecule has 1 heterocycles. The Balaban J connectivity index is 2.23. The topological polar surface area (TPSA) is 35.5 Å². The second kappa shape index (κ2) is 5.77. The van der Waals surface area contributed by atoms with Crippen LogP contribution in [0.15, 0.2) is 41.8 Å². The molecule has 2 aromatic carbocycles. The Morgan fingerprint density at radius 2 is 1.91 bits per heavy atom. The van der Waals surface area contributed by atoms with Crippen LogP contribution in [-0.4, -0.2) is 20.2 Å². The van der Waals surface area contributed by atoms with Gasteiger partial charge in [-0.2, -0.15) is 0 Å². The number of rotatable bonds is 3. The van der Waals surface area contributed by atoms with Crippen molar-refractivity contribution in [2.45, 2.75) is 0 Å². The largest absolute Gasteiger partial charge is 0.496 e. The fourth-order valence-electron chi connectivity index (χ4n) is 2.37. The van der Waals surface area contributed by atoms with Crippen LogP contribution in [0.2, 0.25) is 0 Å². The van der Waals surface area contributed by atoms with Crippen LogP contribution >= 0.6 is 11.3 Å². The number of carbonyl (C=O) groups excluding carboxylic acids is 1. The van der Waals surface area contributed by atoms with Crippen molar-refractivity contribution in [2.75, 3.05) is 14.2 Å². The first-order valence-electron chi connectivity index (χ1n) is 6.57. The highest BCUT2D eigenvalue weighted by Gasteiger charge is 2.14. The number of hydrogen-bond donors (Lipinski definition) is 0. The fourth-order valence-corrected chi connectivity index (χ4v) is 3.31. The van der Waals surface area contributed by atoms with E-state index in [-0.39, 0.29) is 5.82 Å². The molecule has 0 amide bonds. The van der Waals surface area contributed by atoms with Crippen LogP contribution in [0.1, 0.15) is 10.4 Å². The van der Waals surface area contributed by atoms with Crippen molar-refractivity contribution in [2.24, 2.45) is 0 Å².